The van der Waals surface area contributed by atoms with Crippen LogP contribution in [-0.4, -0.2) is 11.6 Å². The highest BCUT2D eigenvalue weighted by Crippen LogP contribution is 2.34. The van der Waals surface area contributed by atoms with Crippen molar-refractivity contribution in [2.75, 3.05) is 6.61 Å². The van der Waals surface area contributed by atoms with Crippen molar-refractivity contribution >= 4 is 0 Å². The number of benzene rings is 1. The van der Waals surface area contributed by atoms with Crippen LogP contribution in [0.15, 0.2) is 42.7 Å². The van der Waals surface area contributed by atoms with Crippen LogP contribution in [0.2, 0.25) is 0 Å². The zero-order chi connectivity index (χ0) is 11.7. The van der Waals surface area contributed by atoms with E-state index >= 15 is 0 Å². The summed E-state index contributed by atoms with van der Waals surface area (Å²) < 4.78 is 5.67. The predicted molar refractivity (Wildman–Crippen MR) is 65.9 cm³/mol. The molecule has 1 unspecified atom stereocenters. The highest BCUT2D eigenvalue weighted by atomic mass is 16.5. The number of pyridine rings is 1. The smallest absolute Gasteiger partial charge is 0.127 e. The molecular formula is C14H14N2O. The van der Waals surface area contributed by atoms with E-state index in [2.05, 4.69) is 11.1 Å². The lowest BCUT2D eigenvalue weighted by Crippen LogP contribution is -2.13. The van der Waals surface area contributed by atoms with Gasteiger partial charge in [0.1, 0.15) is 5.75 Å². The van der Waals surface area contributed by atoms with Crippen LogP contribution in [-0.2, 0) is 6.42 Å². The maximum Gasteiger partial charge on any atom is 0.127 e. The van der Waals surface area contributed by atoms with Gasteiger partial charge in [0.2, 0.25) is 0 Å². The SMILES string of the molecule is NC(c1cccnc1)c1cccc2c1OCC2. The summed E-state index contributed by atoms with van der Waals surface area (Å²) in [5.74, 6) is 0.962. The summed E-state index contributed by atoms with van der Waals surface area (Å²) in [5.41, 5.74) is 9.58. The minimum absolute atomic E-state index is 0.170. The zero-order valence-corrected chi connectivity index (χ0v) is 9.47. The van der Waals surface area contributed by atoms with Gasteiger partial charge < -0.3 is 10.5 Å². The van der Waals surface area contributed by atoms with Gasteiger partial charge >= 0.3 is 0 Å². The highest BCUT2D eigenvalue weighted by Gasteiger charge is 2.20. The summed E-state index contributed by atoms with van der Waals surface area (Å²) >= 11 is 0. The van der Waals surface area contributed by atoms with Crippen LogP contribution in [0, 0.1) is 0 Å². The molecule has 1 aromatic carbocycles. The monoisotopic (exact) mass is 226 g/mol. The lowest BCUT2D eigenvalue weighted by molar-refractivity contribution is 0.352. The van der Waals surface area contributed by atoms with Crippen molar-refractivity contribution in [2.45, 2.75) is 12.5 Å². The second kappa shape index (κ2) is 4.18. The van der Waals surface area contributed by atoms with E-state index < -0.39 is 0 Å². The van der Waals surface area contributed by atoms with Gasteiger partial charge in [0.25, 0.3) is 0 Å². The Bertz CT molecular complexity index is 525. The van der Waals surface area contributed by atoms with Crippen molar-refractivity contribution in [3.63, 3.8) is 0 Å². The second-order valence-corrected chi connectivity index (χ2v) is 4.20. The maximum atomic E-state index is 6.27. The van der Waals surface area contributed by atoms with Gasteiger partial charge in [0.05, 0.1) is 12.6 Å². The first-order valence-corrected chi connectivity index (χ1v) is 5.76. The van der Waals surface area contributed by atoms with E-state index in [1.807, 2.05) is 24.3 Å². The molecule has 2 aromatic rings. The lowest BCUT2D eigenvalue weighted by Gasteiger charge is -2.15. The fourth-order valence-corrected chi connectivity index (χ4v) is 2.23. The summed E-state index contributed by atoms with van der Waals surface area (Å²) in [6.07, 6.45) is 4.53. The molecule has 0 saturated heterocycles. The molecule has 2 N–H and O–H groups in total. The molecule has 17 heavy (non-hydrogen) atoms. The second-order valence-electron chi connectivity index (χ2n) is 4.20. The molecule has 1 aromatic heterocycles. The molecule has 1 aliphatic heterocycles. The summed E-state index contributed by atoms with van der Waals surface area (Å²) in [6.45, 7) is 0.756. The van der Waals surface area contributed by atoms with Crippen molar-refractivity contribution in [1.82, 2.24) is 4.98 Å². The number of hydrogen-bond donors (Lipinski definition) is 1. The van der Waals surface area contributed by atoms with E-state index in [1.165, 1.54) is 5.56 Å². The van der Waals surface area contributed by atoms with Crippen molar-refractivity contribution in [2.24, 2.45) is 5.73 Å². The van der Waals surface area contributed by atoms with Crippen molar-refractivity contribution < 1.29 is 4.74 Å². The molecule has 0 radical (unpaired) electrons. The number of fused-ring (bicyclic) bond motifs is 1. The molecule has 1 atom stereocenters. The first kappa shape index (κ1) is 10.3. The number of nitrogens with zero attached hydrogens (tertiary/aromatic N) is 1. The molecule has 86 valence electrons. The number of rotatable bonds is 2. The fourth-order valence-electron chi connectivity index (χ4n) is 2.23. The number of hydrogen-bond acceptors (Lipinski definition) is 3. The van der Waals surface area contributed by atoms with E-state index in [0.29, 0.717) is 0 Å². The van der Waals surface area contributed by atoms with Gasteiger partial charge in [-0.05, 0) is 17.2 Å². The maximum absolute atomic E-state index is 6.27. The number of para-hydroxylation sites is 1. The molecule has 0 aliphatic carbocycles. The van der Waals surface area contributed by atoms with Crippen LogP contribution in [0.3, 0.4) is 0 Å². The Labute approximate surface area is 100 Å². The van der Waals surface area contributed by atoms with Crippen LogP contribution >= 0.6 is 0 Å². The minimum Gasteiger partial charge on any atom is -0.493 e. The van der Waals surface area contributed by atoms with E-state index in [1.54, 1.807) is 12.4 Å². The molecule has 0 fully saturated rings. The third-order valence-electron chi connectivity index (χ3n) is 3.12. The largest absolute Gasteiger partial charge is 0.493 e. The topological polar surface area (TPSA) is 48.1 Å². The molecule has 3 rings (SSSR count). The van der Waals surface area contributed by atoms with Crippen molar-refractivity contribution in [3.05, 3.63) is 59.4 Å². The summed E-state index contributed by atoms with van der Waals surface area (Å²) in [4.78, 5) is 4.10. The van der Waals surface area contributed by atoms with Gasteiger partial charge in [-0.1, -0.05) is 24.3 Å². The van der Waals surface area contributed by atoms with Gasteiger partial charge in [0, 0.05) is 24.4 Å². The summed E-state index contributed by atoms with van der Waals surface area (Å²) in [6, 6.07) is 9.89. The van der Waals surface area contributed by atoms with Crippen molar-refractivity contribution in [1.29, 1.82) is 0 Å². The average molecular weight is 226 g/mol. The van der Waals surface area contributed by atoms with Gasteiger partial charge in [-0.15, -0.1) is 0 Å². The summed E-state index contributed by atoms with van der Waals surface area (Å²) in [5, 5.41) is 0. The zero-order valence-electron chi connectivity index (χ0n) is 9.47. The van der Waals surface area contributed by atoms with Crippen LogP contribution in [0.4, 0.5) is 0 Å². The highest BCUT2D eigenvalue weighted by molar-refractivity contribution is 5.48. The number of aromatic nitrogens is 1. The van der Waals surface area contributed by atoms with Gasteiger partial charge in [-0.2, -0.15) is 0 Å². The van der Waals surface area contributed by atoms with Gasteiger partial charge in [0.15, 0.2) is 0 Å². The van der Waals surface area contributed by atoms with E-state index in [0.717, 1.165) is 29.9 Å². The van der Waals surface area contributed by atoms with E-state index in [4.69, 9.17) is 10.5 Å². The predicted octanol–water partition coefficient (Wildman–Crippen LogP) is 2.06. The van der Waals surface area contributed by atoms with Crippen LogP contribution in [0.25, 0.3) is 0 Å². The Hall–Kier alpha value is -1.87. The third-order valence-corrected chi connectivity index (χ3v) is 3.12. The summed E-state index contributed by atoms with van der Waals surface area (Å²) in [7, 11) is 0. The van der Waals surface area contributed by atoms with Crippen LogP contribution < -0.4 is 10.5 Å². The van der Waals surface area contributed by atoms with E-state index in [9.17, 15) is 0 Å². The first-order valence-electron chi connectivity index (χ1n) is 5.76. The number of nitrogens with two attached hydrogens (primary N) is 1. The average Bonchev–Trinajstić information content (AvgIpc) is 2.87. The molecule has 3 nitrogen and oxygen atoms in total. The van der Waals surface area contributed by atoms with Crippen molar-refractivity contribution in [3.8, 4) is 5.75 Å². The Morgan fingerprint density at radius 3 is 3.00 bits per heavy atom. The van der Waals surface area contributed by atoms with Gasteiger partial charge in [-0.3, -0.25) is 4.98 Å². The first-order chi connectivity index (χ1) is 8.36. The molecule has 3 heteroatoms. The molecule has 0 spiro atoms. The Morgan fingerprint density at radius 2 is 2.18 bits per heavy atom. The third kappa shape index (κ3) is 1.78. The van der Waals surface area contributed by atoms with E-state index in [-0.39, 0.29) is 6.04 Å². The fraction of sp³-hybridized carbons (Fsp3) is 0.214. The quantitative estimate of drug-likeness (QED) is 0.852. The minimum atomic E-state index is -0.170. The molecule has 1 aliphatic rings. The molecular weight excluding hydrogens is 212 g/mol. The molecule has 0 saturated carbocycles. The van der Waals surface area contributed by atoms with Crippen LogP contribution in [0.5, 0.6) is 5.75 Å². The molecule has 0 amide bonds. The molecule has 0 bridgehead atoms. The normalized spacial score (nSPS) is 15.1. The van der Waals surface area contributed by atoms with Crippen LogP contribution in [0.1, 0.15) is 22.7 Å². The Balaban J connectivity index is 2.03. The standard InChI is InChI=1S/C14H14N2O/c15-13(11-4-2-7-16-9-11)12-5-1-3-10-6-8-17-14(10)12/h1-5,7,9,13H,6,8,15H2. The number of ether oxygens (including phenoxy) is 1. The Morgan fingerprint density at radius 1 is 1.24 bits per heavy atom. The lowest BCUT2D eigenvalue weighted by atomic mass is 9.98. The van der Waals surface area contributed by atoms with Gasteiger partial charge in [-0.25, -0.2) is 0 Å². The molecule has 2 heterocycles. The Kier molecular flexibility index (Phi) is 2.53.